The molecule has 0 radical (unpaired) electrons. The summed E-state index contributed by atoms with van der Waals surface area (Å²) in [6.45, 7) is 0.692. The molecule has 2 atom stereocenters. The van der Waals surface area contributed by atoms with E-state index in [0.717, 1.165) is 33.2 Å². The van der Waals surface area contributed by atoms with Crippen LogP contribution in [0.2, 0.25) is 0 Å². The molecule has 3 aromatic carbocycles. The Balaban J connectivity index is 1.78. The highest BCUT2D eigenvalue weighted by atomic mass is 16.2. The number of carbonyl (C=O) groups excluding carboxylic acids is 2. The van der Waals surface area contributed by atoms with Gasteiger partial charge >= 0.3 is 0 Å². The average Bonchev–Trinajstić information content (AvgIpc) is 3.26. The highest BCUT2D eigenvalue weighted by Gasteiger charge is 2.72. The molecular formula is C23H18N2O2. The van der Waals surface area contributed by atoms with Crippen molar-refractivity contribution < 1.29 is 9.59 Å². The van der Waals surface area contributed by atoms with Crippen molar-refractivity contribution in [1.82, 2.24) is 4.90 Å². The Kier molecular flexibility index (Phi) is 2.60. The van der Waals surface area contributed by atoms with E-state index >= 15 is 0 Å². The first kappa shape index (κ1) is 15.1. The monoisotopic (exact) mass is 354 g/mol. The third kappa shape index (κ3) is 1.41. The fourth-order valence-corrected chi connectivity index (χ4v) is 5.90. The third-order valence-electron chi connectivity index (χ3n) is 6.90. The molecule has 1 saturated heterocycles. The SMILES string of the molecule is CN1CCC2(C(=O)c3cccc4cccc2c34)C12C(=O)Nc1ccccc12. The van der Waals surface area contributed by atoms with Crippen LogP contribution >= 0.6 is 0 Å². The van der Waals surface area contributed by atoms with Gasteiger partial charge in [0.05, 0.1) is 5.41 Å². The molecule has 6 rings (SSSR count). The lowest BCUT2D eigenvalue weighted by Gasteiger charge is -2.42. The van der Waals surface area contributed by atoms with Gasteiger partial charge < -0.3 is 5.32 Å². The average molecular weight is 354 g/mol. The Labute approximate surface area is 156 Å². The predicted molar refractivity (Wildman–Crippen MR) is 104 cm³/mol. The number of benzene rings is 3. The maximum Gasteiger partial charge on any atom is 0.251 e. The molecule has 3 aliphatic rings. The van der Waals surface area contributed by atoms with E-state index in [1.807, 2.05) is 67.7 Å². The molecule has 0 saturated carbocycles. The smallest absolute Gasteiger partial charge is 0.251 e. The molecule has 2 heterocycles. The van der Waals surface area contributed by atoms with Gasteiger partial charge in [-0.25, -0.2) is 0 Å². The second-order valence-electron chi connectivity index (χ2n) is 7.83. The molecule has 27 heavy (non-hydrogen) atoms. The van der Waals surface area contributed by atoms with Crippen LogP contribution in [0.1, 0.15) is 27.9 Å². The van der Waals surface area contributed by atoms with Gasteiger partial charge in [0.25, 0.3) is 5.91 Å². The molecule has 2 spiro atoms. The minimum absolute atomic E-state index is 0.0745. The van der Waals surface area contributed by atoms with Crippen LogP contribution in [-0.2, 0) is 15.7 Å². The van der Waals surface area contributed by atoms with Crippen LogP contribution in [0.15, 0.2) is 60.7 Å². The highest BCUT2D eigenvalue weighted by molar-refractivity contribution is 6.25. The topological polar surface area (TPSA) is 49.4 Å². The fourth-order valence-electron chi connectivity index (χ4n) is 5.90. The van der Waals surface area contributed by atoms with Crippen molar-refractivity contribution in [1.29, 1.82) is 0 Å². The molecule has 1 amide bonds. The summed E-state index contributed by atoms with van der Waals surface area (Å²) in [5.41, 5.74) is 1.57. The Morgan fingerprint density at radius 2 is 1.67 bits per heavy atom. The maximum atomic E-state index is 14.0. The van der Waals surface area contributed by atoms with E-state index in [-0.39, 0.29) is 11.7 Å². The summed E-state index contributed by atoms with van der Waals surface area (Å²) in [5.74, 6) is -0.0210. The molecule has 1 aliphatic carbocycles. The quantitative estimate of drug-likeness (QED) is 0.673. The summed E-state index contributed by atoms with van der Waals surface area (Å²) < 4.78 is 0. The van der Waals surface area contributed by atoms with Crippen molar-refractivity contribution in [3.63, 3.8) is 0 Å². The lowest BCUT2D eigenvalue weighted by atomic mass is 9.62. The number of hydrogen-bond acceptors (Lipinski definition) is 3. The van der Waals surface area contributed by atoms with Crippen LogP contribution < -0.4 is 5.32 Å². The van der Waals surface area contributed by atoms with Gasteiger partial charge in [-0.15, -0.1) is 0 Å². The van der Waals surface area contributed by atoms with Crippen molar-refractivity contribution in [3.05, 3.63) is 77.4 Å². The summed E-state index contributed by atoms with van der Waals surface area (Å²) in [6, 6.07) is 19.8. The van der Waals surface area contributed by atoms with E-state index in [2.05, 4.69) is 10.2 Å². The number of Topliss-reactive ketones (excluding diaryl/α,β-unsaturated/α-hetero) is 1. The zero-order chi connectivity index (χ0) is 18.4. The number of likely N-dealkylation sites (N-methyl/N-ethyl adjacent to an activating group) is 1. The van der Waals surface area contributed by atoms with Gasteiger partial charge in [-0.2, -0.15) is 0 Å². The van der Waals surface area contributed by atoms with Crippen molar-refractivity contribution in [2.45, 2.75) is 17.4 Å². The summed E-state index contributed by atoms with van der Waals surface area (Å²) >= 11 is 0. The first-order chi connectivity index (χ1) is 13.1. The minimum Gasteiger partial charge on any atom is -0.324 e. The molecule has 1 N–H and O–H groups in total. The van der Waals surface area contributed by atoms with E-state index in [9.17, 15) is 9.59 Å². The predicted octanol–water partition coefficient (Wildman–Crippen LogP) is 3.46. The van der Waals surface area contributed by atoms with Gasteiger partial charge in [-0.05, 0) is 35.9 Å². The molecule has 3 aromatic rings. The van der Waals surface area contributed by atoms with E-state index in [1.54, 1.807) is 0 Å². The van der Waals surface area contributed by atoms with E-state index in [4.69, 9.17) is 0 Å². The molecule has 4 nitrogen and oxygen atoms in total. The zero-order valence-electron chi connectivity index (χ0n) is 15.0. The van der Waals surface area contributed by atoms with Crippen LogP contribution in [0.5, 0.6) is 0 Å². The van der Waals surface area contributed by atoms with Crippen LogP contribution in [-0.4, -0.2) is 30.2 Å². The molecule has 132 valence electrons. The number of hydrogen-bond donors (Lipinski definition) is 1. The van der Waals surface area contributed by atoms with E-state index < -0.39 is 11.0 Å². The molecular weight excluding hydrogens is 336 g/mol. The zero-order valence-corrected chi connectivity index (χ0v) is 15.0. The van der Waals surface area contributed by atoms with Gasteiger partial charge in [-0.3, -0.25) is 14.5 Å². The summed E-state index contributed by atoms with van der Waals surface area (Å²) in [4.78, 5) is 29.6. The summed E-state index contributed by atoms with van der Waals surface area (Å²) in [7, 11) is 1.97. The first-order valence-electron chi connectivity index (χ1n) is 9.31. The lowest BCUT2D eigenvalue weighted by molar-refractivity contribution is -0.127. The lowest BCUT2D eigenvalue weighted by Crippen LogP contribution is -2.59. The van der Waals surface area contributed by atoms with Crippen molar-refractivity contribution in [2.24, 2.45) is 0 Å². The van der Waals surface area contributed by atoms with Crippen molar-refractivity contribution >= 4 is 28.2 Å². The number of nitrogens with one attached hydrogen (secondary N) is 1. The molecule has 2 aliphatic heterocycles. The molecule has 0 aromatic heterocycles. The minimum atomic E-state index is -1.01. The van der Waals surface area contributed by atoms with Crippen molar-refractivity contribution in [3.8, 4) is 0 Å². The van der Waals surface area contributed by atoms with Crippen LogP contribution in [0.4, 0.5) is 5.69 Å². The third-order valence-corrected chi connectivity index (χ3v) is 6.90. The number of amides is 1. The Morgan fingerprint density at radius 1 is 0.926 bits per heavy atom. The standard InChI is InChI=1S/C23H18N2O2/c1-25-13-12-22(23(25)16-9-2-3-11-18(16)24-21(23)27)17-10-5-7-14-6-4-8-15(19(14)17)20(22)26/h2-11H,12-13H2,1H3,(H,24,27). The Bertz CT molecular complexity index is 1180. The number of ketones is 1. The van der Waals surface area contributed by atoms with Gasteiger partial charge in [-0.1, -0.05) is 54.6 Å². The molecule has 4 heteroatoms. The number of para-hydroxylation sites is 1. The van der Waals surface area contributed by atoms with Crippen molar-refractivity contribution in [2.75, 3.05) is 18.9 Å². The maximum absolute atomic E-state index is 14.0. The first-order valence-corrected chi connectivity index (χ1v) is 9.31. The normalized spacial score (nSPS) is 28.5. The van der Waals surface area contributed by atoms with E-state index in [1.165, 1.54) is 0 Å². The number of rotatable bonds is 0. The fraction of sp³-hybridized carbons (Fsp3) is 0.217. The van der Waals surface area contributed by atoms with Crippen LogP contribution in [0, 0.1) is 0 Å². The van der Waals surface area contributed by atoms with Gasteiger partial charge in [0, 0.05) is 23.4 Å². The van der Waals surface area contributed by atoms with Gasteiger partial charge in [0.15, 0.2) is 5.78 Å². The number of likely N-dealkylation sites (tertiary alicyclic amines) is 1. The molecule has 0 bridgehead atoms. The second-order valence-corrected chi connectivity index (χ2v) is 7.83. The number of fused-ring (bicyclic) bond motifs is 4. The van der Waals surface area contributed by atoms with Crippen LogP contribution in [0.25, 0.3) is 10.8 Å². The largest absolute Gasteiger partial charge is 0.324 e. The Morgan fingerprint density at radius 3 is 2.52 bits per heavy atom. The molecule has 1 fully saturated rings. The summed E-state index contributed by atoms with van der Waals surface area (Å²) in [6.07, 6.45) is 0.637. The number of nitrogens with zero attached hydrogens (tertiary/aromatic N) is 1. The van der Waals surface area contributed by atoms with Crippen LogP contribution in [0.3, 0.4) is 0 Å². The van der Waals surface area contributed by atoms with Gasteiger partial charge in [0.1, 0.15) is 5.54 Å². The summed E-state index contributed by atoms with van der Waals surface area (Å²) in [5, 5.41) is 5.13. The number of anilines is 1. The number of carbonyl (C=O) groups is 2. The second kappa shape index (κ2) is 4.65. The highest BCUT2D eigenvalue weighted by Crippen LogP contribution is 2.62. The van der Waals surface area contributed by atoms with Gasteiger partial charge in [0.2, 0.25) is 0 Å². The van der Waals surface area contributed by atoms with E-state index in [0.29, 0.717) is 13.0 Å². The Hall–Kier alpha value is -2.98. The molecule has 2 unspecified atom stereocenters.